The fourth-order valence-corrected chi connectivity index (χ4v) is 2.78. The molecule has 2 aliphatic heterocycles. The first kappa shape index (κ1) is 16.7. The van der Waals surface area contributed by atoms with Gasteiger partial charge < -0.3 is 15.5 Å². The first-order chi connectivity index (χ1) is 9.03. The van der Waals surface area contributed by atoms with E-state index in [1.165, 1.54) is 0 Å². The number of nitrogens with one attached hydrogen (secondary N) is 2. The summed E-state index contributed by atoms with van der Waals surface area (Å²) in [4.78, 5) is 13.7. The summed E-state index contributed by atoms with van der Waals surface area (Å²) in [6, 6.07) is 0. The smallest absolute Gasteiger partial charge is 0.256 e. The predicted molar refractivity (Wildman–Crippen MR) is 79.3 cm³/mol. The Balaban J connectivity index is 0.00000200. The number of allylic oxidation sites excluding steroid dienone is 2. The lowest BCUT2D eigenvalue weighted by molar-refractivity contribution is -0.117. The SMILES string of the molecule is CNCCNC(=O)C1=CC=CN2CCS(=O)(=O)N=C12.Cl. The van der Waals surface area contributed by atoms with E-state index in [2.05, 4.69) is 15.0 Å². The molecule has 0 saturated carbocycles. The Labute approximate surface area is 124 Å². The van der Waals surface area contributed by atoms with E-state index in [1.807, 2.05) is 0 Å². The van der Waals surface area contributed by atoms with Crippen molar-refractivity contribution in [3.8, 4) is 0 Å². The minimum Gasteiger partial charge on any atom is -0.351 e. The van der Waals surface area contributed by atoms with Crippen molar-refractivity contribution in [2.75, 3.05) is 32.4 Å². The van der Waals surface area contributed by atoms with Crippen molar-refractivity contribution >= 4 is 34.2 Å². The van der Waals surface area contributed by atoms with Crippen LogP contribution in [0.15, 0.2) is 28.3 Å². The van der Waals surface area contributed by atoms with E-state index < -0.39 is 10.0 Å². The summed E-state index contributed by atoms with van der Waals surface area (Å²) in [6.07, 6.45) is 5.01. The number of carbonyl (C=O) groups is 1. The highest BCUT2D eigenvalue weighted by Crippen LogP contribution is 2.17. The van der Waals surface area contributed by atoms with Crippen LogP contribution < -0.4 is 10.6 Å². The Morgan fingerprint density at radius 1 is 1.45 bits per heavy atom. The number of sulfonamides is 1. The highest BCUT2D eigenvalue weighted by Gasteiger charge is 2.29. The summed E-state index contributed by atoms with van der Waals surface area (Å²) in [5.41, 5.74) is 0.280. The van der Waals surface area contributed by atoms with E-state index in [4.69, 9.17) is 0 Å². The minimum absolute atomic E-state index is 0. The second-order valence-corrected chi connectivity index (χ2v) is 5.93. The summed E-state index contributed by atoms with van der Waals surface area (Å²) in [7, 11) is -1.68. The summed E-state index contributed by atoms with van der Waals surface area (Å²) in [5, 5.41) is 5.62. The molecule has 0 unspecified atom stereocenters. The zero-order chi connectivity index (χ0) is 13.9. The van der Waals surface area contributed by atoms with E-state index in [-0.39, 0.29) is 35.5 Å². The quantitative estimate of drug-likeness (QED) is 0.665. The minimum atomic E-state index is -3.47. The Kier molecular flexibility index (Phi) is 5.73. The number of amidine groups is 1. The maximum absolute atomic E-state index is 12.0. The van der Waals surface area contributed by atoms with Crippen molar-refractivity contribution in [3.05, 3.63) is 23.9 Å². The molecule has 0 aromatic heterocycles. The topological polar surface area (TPSA) is 90.9 Å². The van der Waals surface area contributed by atoms with Crippen molar-refractivity contribution in [3.63, 3.8) is 0 Å². The Hall–Kier alpha value is -1.38. The average Bonchev–Trinajstić information content (AvgIpc) is 2.37. The van der Waals surface area contributed by atoms with E-state index in [9.17, 15) is 13.2 Å². The highest BCUT2D eigenvalue weighted by atomic mass is 35.5. The van der Waals surface area contributed by atoms with Crippen LogP contribution >= 0.6 is 12.4 Å². The van der Waals surface area contributed by atoms with Crippen molar-refractivity contribution in [1.82, 2.24) is 15.5 Å². The van der Waals surface area contributed by atoms with Gasteiger partial charge in [0.15, 0.2) is 5.84 Å². The maximum atomic E-state index is 12.0. The molecule has 1 amide bonds. The molecule has 2 aliphatic rings. The van der Waals surface area contributed by atoms with Gasteiger partial charge >= 0.3 is 0 Å². The first-order valence-corrected chi connectivity index (χ1v) is 7.55. The van der Waals surface area contributed by atoms with E-state index in [1.54, 1.807) is 30.3 Å². The Morgan fingerprint density at radius 3 is 2.90 bits per heavy atom. The number of hydrogen-bond acceptors (Lipinski definition) is 5. The van der Waals surface area contributed by atoms with Gasteiger partial charge in [-0.3, -0.25) is 4.79 Å². The normalized spacial score (nSPS) is 19.4. The van der Waals surface area contributed by atoms with E-state index >= 15 is 0 Å². The third-order valence-corrected chi connectivity index (χ3v) is 3.91. The number of nitrogens with zero attached hydrogens (tertiary/aromatic N) is 2. The maximum Gasteiger partial charge on any atom is 0.256 e. The number of carbonyl (C=O) groups excluding carboxylic acids is 1. The van der Waals surface area contributed by atoms with Crippen LogP contribution in [0.4, 0.5) is 0 Å². The fourth-order valence-electron chi connectivity index (χ4n) is 1.79. The molecule has 9 heteroatoms. The van der Waals surface area contributed by atoms with Crippen LogP contribution in [0.5, 0.6) is 0 Å². The van der Waals surface area contributed by atoms with Gasteiger partial charge in [0.05, 0.1) is 11.3 Å². The summed E-state index contributed by atoms with van der Waals surface area (Å²) in [5.74, 6) is -0.147. The van der Waals surface area contributed by atoms with Gasteiger partial charge in [-0.2, -0.15) is 0 Å². The number of fused-ring (bicyclic) bond motifs is 1. The molecular formula is C11H17ClN4O3S. The van der Waals surface area contributed by atoms with Crippen LogP contribution in [0.25, 0.3) is 0 Å². The average molecular weight is 321 g/mol. The zero-order valence-electron chi connectivity index (χ0n) is 11.0. The monoisotopic (exact) mass is 320 g/mol. The predicted octanol–water partition coefficient (Wildman–Crippen LogP) is -0.759. The lowest BCUT2D eigenvalue weighted by Crippen LogP contribution is -2.43. The molecule has 2 heterocycles. The lowest BCUT2D eigenvalue weighted by atomic mass is 10.1. The molecule has 0 radical (unpaired) electrons. The standard InChI is InChI=1S/C11H16N4O3S.ClH/c1-12-4-5-13-11(16)9-3-2-6-15-7-8-19(17,18)14-10(9)15;/h2-3,6,12H,4-5,7-8H2,1H3,(H,13,16);1H. The molecule has 112 valence electrons. The molecule has 0 aliphatic carbocycles. The van der Waals surface area contributed by atoms with Gasteiger partial charge in [-0.25, -0.2) is 8.42 Å². The number of amides is 1. The van der Waals surface area contributed by atoms with Crippen molar-refractivity contribution in [2.45, 2.75) is 0 Å². The molecule has 0 aromatic carbocycles. The largest absolute Gasteiger partial charge is 0.351 e. The second kappa shape index (κ2) is 6.87. The van der Waals surface area contributed by atoms with Gasteiger partial charge in [0, 0.05) is 25.8 Å². The zero-order valence-corrected chi connectivity index (χ0v) is 12.6. The van der Waals surface area contributed by atoms with Crippen LogP contribution in [0, 0.1) is 0 Å². The molecule has 7 nitrogen and oxygen atoms in total. The lowest BCUT2D eigenvalue weighted by Gasteiger charge is -2.28. The summed E-state index contributed by atoms with van der Waals surface area (Å²) in [6.45, 7) is 1.43. The molecule has 0 saturated heterocycles. The van der Waals surface area contributed by atoms with Crippen LogP contribution in [0.1, 0.15) is 0 Å². The Morgan fingerprint density at radius 2 is 2.20 bits per heavy atom. The van der Waals surface area contributed by atoms with Crippen LogP contribution in [0.3, 0.4) is 0 Å². The molecule has 20 heavy (non-hydrogen) atoms. The molecule has 0 fully saturated rings. The number of hydrogen-bond donors (Lipinski definition) is 2. The summed E-state index contributed by atoms with van der Waals surface area (Å²) >= 11 is 0. The Bertz CT molecular complexity index is 568. The van der Waals surface area contributed by atoms with Gasteiger partial charge in [-0.05, 0) is 19.2 Å². The third-order valence-electron chi connectivity index (χ3n) is 2.76. The molecule has 0 atom stereocenters. The summed E-state index contributed by atoms with van der Waals surface area (Å²) < 4.78 is 26.7. The fraction of sp³-hybridized carbons (Fsp3) is 0.455. The molecule has 2 N–H and O–H groups in total. The molecule has 0 spiro atoms. The van der Waals surface area contributed by atoms with Crippen molar-refractivity contribution in [1.29, 1.82) is 0 Å². The molecule has 0 aromatic rings. The molecular weight excluding hydrogens is 304 g/mol. The van der Waals surface area contributed by atoms with Gasteiger partial charge in [0.1, 0.15) is 0 Å². The number of likely N-dealkylation sites (N-methyl/N-ethyl adjacent to an activating group) is 1. The number of halogens is 1. The van der Waals surface area contributed by atoms with Crippen LogP contribution in [0.2, 0.25) is 0 Å². The highest BCUT2D eigenvalue weighted by molar-refractivity contribution is 7.90. The van der Waals surface area contributed by atoms with Gasteiger partial charge in [-0.1, -0.05) is 0 Å². The third kappa shape index (κ3) is 3.81. The second-order valence-electron chi connectivity index (χ2n) is 4.18. The van der Waals surface area contributed by atoms with E-state index in [0.29, 0.717) is 19.6 Å². The van der Waals surface area contributed by atoms with E-state index in [0.717, 1.165) is 0 Å². The molecule has 2 rings (SSSR count). The first-order valence-electron chi connectivity index (χ1n) is 5.94. The van der Waals surface area contributed by atoms with Gasteiger partial charge in [0.25, 0.3) is 15.9 Å². The molecule has 0 bridgehead atoms. The van der Waals surface area contributed by atoms with Crippen LogP contribution in [-0.4, -0.2) is 57.5 Å². The van der Waals surface area contributed by atoms with Gasteiger partial charge in [0.2, 0.25) is 0 Å². The van der Waals surface area contributed by atoms with Crippen molar-refractivity contribution < 1.29 is 13.2 Å². The van der Waals surface area contributed by atoms with Gasteiger partial charge in [-0.15, -0.1) is 16.8 Å². The number of rotatable bonds is 4. The van der Waals surface area contributed by atoms with Crippen LogP contribution in [-0.2, 0) is 14.8 Å². The van der Waals surface area contributed by atoms with Crippen molar-refractivity contribution in [2.24, 2.45) is 4.40 Å².